The normalized spacial score (nSPS) is 13.9. The van der Waals surface area contributed by atoms with E-state index in [1.165, 1.54) is 72.4 Å². The Hall–Kier alpha value is -5.44. The minimum Gasteiger partial charge on any atom is -0.461 e. The molecule has 1 amide bonds. The van der Waals surface area contributed by atoms with E-state index in [4.69, 9.17) is 4.74 Å². The van der Waals surface area contributed by atoms with Gasteiger partial charge in [0.25, 0.3) is 21.5 Å². The third-order valence-electron chi connectivity index (χ3n) is 8.69. The molecule has 0 spiro atoms. The van der Waals surface area contributed by atoms with Crippen molar-refractivity contribution in [3.8, 4) is 5.69 Å². The molecule has 4 aromatic rings. The molecule has 0 saturated heterocycles. The minimum atomic E-state index is -4.34. The Morgan fingerprint density at radius 3 is 2.13 bits per heavy atom. The standard InChI is InChI=1S/C37H38F2N4O8S/c1-22(2)51-36(47)31(18-24-8-12-27(13-9-24)43-33(45)16-17-42(3)37(43)48)40-35(46)34-29(38)20-26(21-30(34)39)41-52(49,50)28-14-10-25(11-15-28)32(44)19-23-6-4-5-7-23/h8-17,20-23,31,41H,4-7,18-19H2,1-3H3,(H,40,46)/t31-/m0/s1. The number of rotatable bonds is 13. The number of halogens is 2. The summed E-state index contributed by atoms with van der Waals surface area (Å²) in [4.78, 5) is 63.4. The summed E-state index contributed by atoms with van der Waals surface area (Å²) in [5, 5.41) is 2.30. The molecule has 1 atom stereocenters. The molecule has 12 nitrogen and oxygen atoms in total. The number of nitrogens with zero attached hydrogens (tertiary/aromatic N) is 2. The van der Waals surface area contributed by atoms with Crippen LogP contribution in [0.2, 0.25) is 0 Å². The number of Topliss-reactive ketones (excluding diaryl/α,β-unsaturated/α-hetero) is 1. The second kappa shape index (κ2) is 15.8. The average molecular weight is 737 g/mol. The van der Waals surface area contributed by atoms with Gasteiger partial charge in [-0.05, 0) is 61.7 Å². The van der Waals surface area contributed by atoms with E-state index in [0.717, 1.165) is 30.3 Å². The van der Waals surface area contributed by atoms with Gasteiger partial charge in [0.05, 0.1) is 22.4 Å². The lowest BCUT2D eigenvalue weighted by atomic mass is 9.97. The van der Waals surface area contributed by atoms with E-state index >= 15 is 8.78 Å². The molecular weight excluding hydrogens is 698 g/mol. The number of hydrogen-bond donors (Lipinski definition) is 2. The van der Waals surface area contributed by atoms with Crippen molar-refractivity contribution < 1.29 is 36.3 Å². The molecular formula is C37H38F2N4O8S. The second-order valence-corrected chi connectivity index (χ2v) is 14.7. The number of amides is 1. The van der Waals surface area contributed by atoms with E-state index in [2.05, 4.69) is 10.0 Å². The number of nitrogens with one attached hydrogen (secondary N) is 2. The van der Waals surface area contributed by atoms with E-state index in [1.807, 2.05) is 0 Å². The first kappa shape index (κ1) is 37.8. The monoisotopic (exact) mass is 736 g/mol. The number of benzene rings is 3. The Morgan fingerprint density at radius 1 is 0.923 bits per heavy atom. The van der Waals surface area contributed by atoms with Crippen LogP contribution in [0.3, 0.4) is 0 Å². The fourth-order valence-corrected chi connectivity index (χ4v) is 7.08. The molecule has 0 unspecified atom stereocenters. The van der Waals surface area contributed by atoms with Gasteiger partial charge in [0, 0.05) is 37.7 Å². The molecule has 15 heteroatoms. The lowest BCUT2D eigenvalue weighted by Gasteiger charge is -2.20. The number of esters is 1. The summed E-state index contributed by atoms with van der Waals surface area (Å²) < 4.78 is 66.2. The summed E-state index contributed by atoms with van der Waals surface area (Å²) in [7, 11) is -2.86. The number of hydrogen-bond acceptors (Lipinski definition) is 8. The lowest BCUT2D eigenvalue weighted by Crippen LogP contribution is -2.44. The summed E-state index contributed by atoms with van der Waals surface area (Å²) in [6.07, 6.45) is 5.09. The Morgan fingerprint density at radius 2 is 1.54 bits per heavy atom. The van der Waals surface area contributed by atoms with Crippen molar-refractivity contribution in [3.05, 3.63) is 122 Å². The largest absolute Gasteiger partial charge is 0.461 e. The molecule has 0 bridgehead atoms. The first-order chi connectivity index (χ1) is 24.6. The average Bonchev–Trinajstić information content (AvgIpc) is 3.59. The highest BCUT2D eigenvalue weighted by Gasteiger charge is 2.28. The molecule has 2 N–H and O–H groups in total. The zero-order valence-corrected chi connectivity index (χ0v) is 29.5. The van der Waals surface area contributed by atoms with Gasteiger partial charge in [0.2, 0.25) is 0 Å². The summed E-state index contributed by atoms with van der Waals surface area (Å²) in [5.41, 5.74) is -1.64. The van der Waals surface area contributed by atoms with E-state index in [1.54, 1.807) is 13.8 Å². The summed E-state index contributed by atoms with van der Waals surface area (Å²) in [5.74, 6) is -4.77. The number of ether oxygens (including phenoxy) is 1. The summed E-state index contributed by atoms with van der Waals surface area (Å²) in [6.45, 7) is 3.15. The van der Waals surface area contributed by atoms with Crippen molar-refractivity contribution in [1.29, 1.82) is 0 Å². The molecule has 0 radical (unpaired) electrons. The number of carbonyl (C=O) groups is 3. The van der Waals surface area contributed by atoms with Crippen molar-refractivity contribution >= 4 is 33.4 Å². The molecule has 274 valence electrons. The molecule has 52 heavy (non-hydrogen) atoms. The maximum absolute atomic E-state index is 15.3. The fourth-order valence-electron chi connectivity index (χ4n) is 6.04. The van der Waals surface area contributed by atoms with Crippen LogP contribution in [-0.4, -0.2) is 47.4 Å². The molecule has 5 rings (SSSR count). The van der Waals surface area contributed by atoms with Gasteiger partial charge in [0.1, 0.15) is 23.2 Å². The zero-order valence-electron chi connectivity index (χ0n) is 28.7. The van der Waals surface area contributed by atoms with Crippen molar-refractivity contribution in [2.24, 2.45) is 13.0 Å². The van der Waals surface area contributed by atoms with Crippen molar-refractivity contribution in [2.45, 2.75) is 69.4 Å². The van der Waals surface area contributed by atoms with E-state index < -0.39 is 68.2 Å². The van der Waals surface area contributed by atoms with Gasteiger partial charge in [-0.15, -0.1) is 0 Å². The fraction of sp³-hybridized carbons (Fsp3) is 0.324. The lowest BCUT2D eigenvalue weighted by molar-refractivity contribution is -0.149. The quantitative estimate of drug-likeness (QED) is 0.148. The van der Waals surface area contributed by atoms with E-state index in [0.29, 0.717) is 35.6 Å². The number of aromatic nitrogens is 2. The van der Waals surface area contributed by atoms with Gasteiger partial charge in [-0.25, -0.2) is 31.4 Å². The Balaban J connectivity index is 1.30. The van der Waals surface area contributed by atoms with Gasteiger partial charge in [-0.3, -0.25) is 19.1 Å². The topological polar surface area (TPSA) is 163 Å². The van der Waals surface area contributed by atoms with Crippen LogP contribution in [0.4, 0.5) is 14.5 Å². The SMILES string of the molecule is CC(C)OC(=O)[C@H](Cc1ccc(-n2c(=O)ccn(C)c2=O)cc1)NC(=O)c1c(F)cc(NS(=O)(=O)c2ccc(C(=O)CC3CCCC3)cc2)cc1F. The van der Waals surface area contributed by atoms with Gasteiger partial charge in [-0.1, -0.05) is 49.9 Å². The van der Waals surface area contributed by atoms with Gasteiger partial charge < -0.3 is 14.6 Å². The molecule has 1 aliphatic carbocycles. The highest BCUT2D eigenvalue weighted by molar-refractivity contribution is 7.92. The third kappa shape index (κ3) is 8.88. The number of sulfonamides is 1. The van der Waals surface area contributed by atoms with Crippen molar-refractivity contribution in [1.82, 2.24) is 14.5 Å². The van der Waals surface area contributed by atoms with Crippen LogP contribution in [0.1, 0.15) is 72.2 Å². The zero-order chi connectivity index (χ0) is 37.7. The molecule has 1 heterocycles. The molecule has 1 fully saturated rings. The van der Waals surface area contributed by atoms with Crippen LogP contribution in [0.25, 0.3) is 5.69 Å². The molecule has 1 aliphatic rings. The second-order valence-electron chi connectivity index (χ2n) is 13.0. The number of aryl methyl sites for hydroxylation is 1. The number of ketones is 1. The van der Waals surface area contributed by atoms with Crippen molar-refractivity contribution in [3.63, 3.8) is 0 Å². The molecule has 0 aliphatic heterocycles. The van der Waals surface area contributed by atoms with Crippen LogP contribution in [-0.2, 0) is 33.0 Å². The first-order valence-electron chi connectivity index (χ1n) is 16.7. The number of anilines is 1. The van der Waals surface area contributed by atoms with E-state index in [-0.39, 0.29) is 22.8 Å². The molecule has 3 aromatic carbocycles. The smallest absolute Gasteiger partial charge is 0.335 e. The Bertz CT molecular complexity index is 2190. The van der Waals surface area contributed by atoms with Crippen LogP contribution in [0, 0.1) is 17.6 Å². The van der Waals surface area contributed by atoms with E-state index in [9.17, 15) is 32.4 Å². The maximum Gasteiger partial charge on any atom is 0.335 e. The highest BCUT2D eigenvalue weighted by Crippen LogP contribution is 2.29. The minimum absolute atomic E-state index is 0.0891. The predicted molar refractivity (Wildman–Crippen MR) is 188 cm³/mol. The van der Waals surface area contributed by atoms with Gasteiger partial charge >= 0.3 is 11.7 Å². The predicted octanol–water partition coefficient (Wildman–Crippen LogP) is 4.67. The first-order valence-corrected chi connectivity index (χ1v) is 18.2. The van der Waals surface area contributed by atoms with Crippen LogP contribution < -0.4 is 21.3 Å². The van der Waals surface area contributed by atoms with Crippen LogP contribution >= 0.6 is 0 Å². The summed E-state index contributed by atoms with van der Waals surface area (Å²) in [6, 6.07) is 12.3. The molecule has 1 aromatic heterocycles. The third-order valence-corrected chi connectivity index (χ3v) is 10.1. The molecule has 1 saturated carbocycles. The number of carbonyl (C=O) groups excluding carboxylic acids is 3. The van der Waals surface area contributed by atoms with Crippen molar-refractivity contribution in [2.75, 3.05) is 4.72 Å². The Kier molecular flexibility index (Phi) is 11.5. The van der Waals surface area contributed by atoms with Crippen LogP contribution in [0.15, 0.2) is 87.4 Å². The highest BCUT2D eigenvalue weighted by atomic mass is 32.2. The van der Waals surface area contributed by atoms with Gasteiger partial charge in [-0.2, -0.15) is 0 Å². The summed E-state index contributed by atoms with van der Waals surface area (Å²) >= 11 is 0. The Labute approximate surface area is 298 Å². The maximum atomic E-state index is 15.3. The van der Waals surface area contributed by atoms with Gasteiger partial charge in [0.15, 0.2) is 5.78 Å². The van der Waals surface area contributed by atoms with Crippen LogP contribution in [0.5, 0.6) is 0 Å².